The number of aliphatic hydroxyl groups is 1. The van der Waals surface area contributed by atoms with E-state index in [4.69, 9.17) is 16.3 Å². The third-order valence-corrected chi connectivity index (χ3v) is 2.52. The molecule has 0 rings (SSSR count). The zero-order chi connectivity index (χ0) is 12.9. The molecule has 2 heteroatoms. The van der Waals surface area contributed by atoms with Crippen molar-refractivity contribution in [1.82, 2.24) is 0 Å². The molecule has 0 aliphatic heterocycles. The maximum Gasteiger partial charge on any atom is 0.107 e. The normalized spacial score (nSPS) is 12.6. The Morgan fingerprint density at radius 1 is 1.24 bits per heavy atom. The second-order valence-electron chi connectivity index (χ2n) is 4.18. The summed E-state index contributed by atoms with van der Waals surface area (Å²) in [5.41, 5.74) is 2.64. The van der Waals surface area contributed by atoms with Gasteiger partial charge in [0, 0.05) is 6.61 Å². The lowest BCUT2D eigenvalue weighted by molar-refractivity contribution is 0.164. The van der Waals surface area contributed by atoms with Gasteiger partial charge in [0.15, 0.2) is 0 Å². The lowest BCUT2D eigenvalue weighted by Crippen LogP contribution is -1.94. The summed E-state index contributed by atoms with van der Waals surface area (Å²) >= 11 is 0. The van der Waals surface area contributed by atoms with Gasteiger partial charge in [0.25, 0.3) is 0 Å². The van der Waals surface area contributed by atoms with Gasteiger partial charge in [-0.25, -0.2) is 0 Å². The summed E-state index contributed by atoms with van der Waals surface area (Å²) in [5, 5.41) is 8.71. The van der Waals surface area contributed by atoms with Gasteiger partial charge >= 0.3 is 0 Å². The summed E-state index contributed by atoms with van der Waals surface area (Å²) in [6.07, 6.45) is 13.3. The van der Waals surface area contributed by atoms with Crippen LogP contribution in [0.3, 0.4) is 0 Å². The Morgan fingerprint density at radius 2 is 1.94 bits per heavy atom. The van der Waals surface area contributed by atoms with Crippen molar-refractivity contribution in [2.75, 3.05) is 19.8 Å². The molecule has 0 radical (unpaired) electrons. The summed E-state index contributed by atoms with van der Waals surface area (Å²) in [5.74, 6) is 2.45. The SMILES string of the molecule is C#CCOCCC/C(C)=C/CC/C(C)=C/CO. The summed E-state index contributed by atoms with van der Waals surface area (Å²) in [4.78, 5) is 0. The summed E-state index contributed by atoms with van der Waals surface area (Å²) < 4.78 is 5.21. The van der Waals surface area contributed by atoms with Gasteiger partial charge in [0.2, 0.25) is 0 Å². The van der Waals surface area contributed by atoms with E-state index in [9.17, 15) is 0 Å². The number of terminal acetylenes is 1. The van der Waals surface area contributed by atoms with Crippen LogP contribution in [0, 0.1) is 12.3 Å². The third kappa shape index (κ3) is 11.2. The zero-order valence-corrected chi connectivity index (χ0v) is 11.0. The largest absolute Gasteiger partial charge is 0.392 e. The van der Waals surface area contributed by atoms with Gasteiger partial charge in [-0.2, -0.15) is 0 Å². The molecule has 0 bridgehead atoms. The zero-order valence-electron chi connectivity index (χ0n) is 11.0. The fourth-order valence-electron chi connectivity index (χ4n) is 1.49. The molecule has 96 valence electrons. The van der Waals surface area contributed by atoms with Crippen LogP contribution in [0.2, 0.25) is 0 Å². The van der Waals surface area contributed by atoms with E-state index < -0.39 is 0 Å². The van der Waals surface area contributed by atoms with Gasteiger partial charge in [-0.15, -0.1) is 6.42 Å². The van der Waals surface area contributed by atoms with E-state index in [1.54, 1.807) is 0 Å². The minimum Gasteiger partial charge on any atom is -0.392 e. The molecule has 0 spiro atoms. The van der Waals surface area contributed by atoms with Gasteiger partial charge in [0.05, 0.1) is 6.61 Å². The standard InChI is InChI=1S/C15H24O2/c1-4-12-17-13-6-9-14(2)7-5-8-15(3)10-11-16/h1,7,10,16H,5-6,8-9,11-13H2,2-3H3/b14-7+,15-10+. The first kappa shape index (κ1) is 16.0. The van der Waals surface area contributed by atoms with Crippen LogP contribution in [-0.2, 0) is 4.74 Å². The van der Waals surface area contributed by atoms with Crippen molar-refractivity contribution in [3.8, 4) is 12.3 Å². The van der Waals surface area contributed by atoms with Crippen molar-refractivity contribution >= 4 is 0 Å². The topological polar surface area (TPSA) is 29.5 Å². The molecule has 0 aromatic heterocycles. The highest BCUT2D eigenvalue weighted by Gasteiger charge is 1.92. The summed E-state index contributed by atoms with van der Waals surface area (Å²) in [6, 6.07) is 0. The number of allylic oxidation sites excluding steroid dienone is 3. The second kappa shape index (κ2) is 11.4. The number of rotatable bonds is 9. The Kier molecular flexibility index (Phi) is 10.7. The molecular weight excluding hydrogens is 212 g/mol. The highest BCUT2D eigenvalue weighted by Crippen LogP contribution is 2.09. The van der Waals surface area contributed by atoms with Gasteiger partial charge in [-0.05, 0) is 39.5 Å². The maximum absolute atomic E-state index is 8.71. The molecule has 0 fully saturated rings. The smallest absolute Gasteiger partial charge is 0.107 e. The molecule has 0 aliphatic rings. The molecule has 0 heterocycles. The first-order valence-electron chi connectivity index (χ1n) is 6.14. The lowest BCUT2D eigenvalue weighted by Gasteiger charge is -2.02. The Hall–Kier alpha value is -1.04. The Labute approximate surface area is 105 Å². The van der Waals surface area contributed by atoms with Crippen LogP contribution in [-0.4, -0.2) is 24.9 Å². The average Bonchev–Trinajstić information content (AvgIpc) is 2.29. The van der Waals surface area contributed by atoms with Crippen LogP contribution < -0.4 is 0 Å². The predicted molar refractivity (Wildman–Crippen MR) is 72.7 cm³/mol. The molecule has 0 aliphatic carbocycles. The molecule has 0 aromatic carbocycles. The fourth-order valence-corrected chi connectivity index (χ4v) is 1.49. The van der Waals surface area contributed by atoms with E-state index in [0.717, 1.165) is 32.3 Å². The Bertz CT molecular complexity index is 282. The van der Waals surface area contributed by atoms with E-state index in [1.807, 2.05) is 13.0 Å². The third-order valence-electron chi connectivity index (χ3n) is 2.52. The highest BCUT2D eigenvalue weighted by molar-refractivity contribution is 5.03. The summed E-state index contributed by atoms with van der Waals surface area (Å²) in [7, 11) is 0. The van der Waals surface area contributed by atoms with E-state index in [2.05, 4.69) is 18.9 Å². The molecule has 0 saturated heterocycles. The van der Waals surface area contributed by atoms with Crippen LogP contribution in [0.5, 0.6) is 0 Å². The predicted octanol–water partition coefficient (Wildman–Crippen LogP) is 3.08. The molecule has 1 N–H and O–H groups in total. The summed E-state index contributed by atoms with van der Waals surface area (Å²) in [6.45, 7) is 5.48. The molecule has 0 unspecified atom stereocenters. The molecule has 0 saturated carbocycles. The van der Waals surface area contributed by atoms with Crippen molar-refractivity contribution in [3.63, 3.8) is 0 Å². The van der Waals surface area contributed by atoms with Crippen LogP contribution in [0.1, 0.15) is 39.5 Å². The highest BCUT2D eigenvalue weighted by atomic mass is 16.5. The van der Waals surface area contributed by atoms with Crippen LogP contribution in [0.25, 0.3) is 0 Å². The van der Waals surface area contributed by atoms with Crippen LogP contribution in [0.15, 0.2) is 23.3 Å². The van der Waals surface area contributed by atoms with Gasteiger partial charge in [-0.1, -0.05) is 29.2 Å². The van der Waals surface area contributed by atoms with E-state index in [0.29, 0.717) is 6.61 Å². The second-order valence-corrected chi connectivity index (χ2v) is 4.18. The fraction of sp³-hybridized carbons (Fsp3) is 0.600. The van der Waals surface area contributed by atoms with Crippen molar-refractivity contribution in [2.45, 2.75) is 39.5 Å². The molecule has 0 amide bonds. The minimum absolute atomic E-state index is 0.140. The van der Waals surface area contributed by atoms with Gasteiger partial charge in [-0.3, -0.25) is 0 Å². The molecule has 2 nitrogen and oxygen atoms in total. The van der Waals surface area contributed by atoms with Crippen molar-refractivity contribution < 1.29 is 9.84 Å². The van der Waals surface area contributed by atoms with E-state index in [-0.39, 0.29) is 6.61 Å². The Balaban J connectivity index is 3.58. The van der Waals surface area contributed by atoms with Crippen molar-refractivity contribution in [3.05, 3.63) is 23.3 Å². The average molecular weight is 236 g/mol. The Morgan fingerprint density at radius 3 is 2.59 bits per heavy atom. The lowest BCUT2D eigenvalue weighted by atomic mass is 10.1. The monoisotopic (exact) mass is 236 g/mol. The van der Waals surface area contributed by atoms with Crippen molar-refractivity contribution in [2.24, 2.45) is 0 Å². The molecule has 0 aromatic rings. The van der Waals surface area contributed by atoms with E-state index >= 15 is 0 Å². The van der Waals surface area contributed by atoms with Crippen LogP contribution >= 0.6 is 0 Å². The quantitative estimate of drug-likeness (QED) is 0.379. The first-order valence-corrected chi connectivity index (χ1v) is 6.14. The maximum atomic E-state index is 8.71. The molecular formula is C15H24O2. The number of ether oxygens (including phenoxy) is 1. The molecule has 0 atom stereocenters. The van der Waals surface area contributed by atoms with Gasteiger partial charge < -0.3 is 9.84 Å². The number of hydrogen-bond acceptors (Lipinski definition) is 2. The number of aliphatic hydroxyl groups excluding tert-OH is 1. The minimum atomic E-state index is 0.140. The van der Waals surface area contributed by atoms with Gasteiger partial charge in [0.1, 0.15) is 6.61 Å². The van der Waals surface area contributed by atoms with Crippen LogP contribution in [0.4, 0.5) is 0 Å². The molecule has 17 heavy (non-hydrogen) atoms. The number of hydrogen-bond donors (Lipinski definition) is 1. The first-order chi connectivity index (χ1) is 8.20. The van der Waals surface area contributed by atoms with Crippen molar-refractivity contribution in [1.29, 1.82) is 0 Å². The van der Waals surface area contributed by atoms with E-state index in [1.165, 1.54) is 11.1 Å².